The van der Waals surface area contributed by atoms with Crippen LogP contribution in [-0.2, 0) is 13.3 Å². The molecule has 0 amide bonds. The maximum atomic E-state index is 5.72. The van der Waals surface area contributed by atoms with E-state index in [0.29, 0.717) is 25.7 Å². The van der Waals surface area contributed by atoms with Crippen molar-refractivity contribution >= 4 is 37.7 Å². The van der Waals surface area contributed by atoms with Crippen molar-refractivity contribution in [2.45, 2.75) is 53.8 Å². The Labute approximate surface area is 130 Å². The molecular formula is C12H30Cl2O3Si2. The Morgan fingerprint density at radius 2 is 1.11 bits per heavy atom. The average Bonchev–Trinajstić information content (AvgIpc) is 2.14. The molecule has 0 saturated heterocycles. The van der Waals surface area contributed by atoms with Gasteiger partial charge in [-0.25, -0.2) is 0 Å². The fourth-order valence-electron chi connectivity index (χ4n) is 1.46. The summed E-state index contributed by atoms with van der Waals surface area (Å²) in [6.07, 6.45) is 0. The van der Waals surface area contributed by atoms with Crippen molar-refractivity contribution in [3.05, 3.63) is 0 Å². The van der Waals surface area contributed by atoms with Gasteiger partial charge in [-0.3, -0.25) is 0 Å². The predicted octanol–water partition coefficient (Wildman–Crippen LogP) is 4.86. The quantitative estimate of drug-likeness (QED) is 0.463. The first-order valence-electron chi connectivity index (χ1n) is 6.89. The van der Waals surface area contributed by atoms with Crippen LogP contribution in [0.2, 0.25) is 19.1 Å². The number of hydrogen-bond acceptors (Lipinski definition) is 3. The van der Waals surface area contributed by atoms with E-state index in [2.05, 4.69) is 13.8 Å². The summed E-state index contributed by atoms with van der Waals surface area (Å²) in [6, 6.07) is 0.905. The second-order valence-electron chi connectivity index (χ2n) is 4.91. The van der Waals surface area contributed by atoms with Crippen LogP contribution in [0.15, 0.2) is 0 Å². The topological polar surface area (TPSA) is 27.7 Å². The van der Waals surface area contributed by atoms with E-state index >= 15 is 0 Å². The summed E-state index contributed by atoms with van der Waals surface area (Å²) in [5.41, 5.74) is 0. The predicted molar refractivity (Wildman–Crippen MR) is 89.5 cm³/mol. The van der Waals surface area contributed by atoms with E-state index in [1.54, 1.807) is 0 Å². The third-order valence-electron chi connectivity index (χ3n) is 1.75. The van der Waals surface area contributed by atoms with Gasteiger partial charge < -0.3 is 13.3 Å². The lowest BCUT2D eigenvalue weighted by Crippen LogP contribution is -2.46. The van der Waals surface area contributed by atoms with E-state index in [-0.39, 0.29) is 0 Å². The third-order valence-corrected chi connectivity index (χ3v) is 5.25. The summed E-state index contributed by atoms with van der Waals surface area (Å²) >= 11 is 10.9. The van der Waals surface area contributed by atoms with Gasteiger partial charge in [-0.2, -0.15) is 0 Å². The molecule has 0 spiro atoms. The Kier molecular flexibility index (Phi) is 13.5. The molecule has 0 atom stereocenters. The molecule has 0 radical (unpaired) electrons. The molecule has 0 aromatic carbocycles. The average molecular weight is 349 g/mol. The number of halogens is 2. The molecule has 0 saturated carbocycles. The lowest BCUT2D eigenvalue weighted by atomic mass is 10.3. The first kappa shape index (κ1) is 22.2. The molecule has 0 aromatic heterocycles. The highest BCUT2D eigenvalue weighted by Crippen LogP contribution is 2.21. The minimum atomic E-state index is -2.36. The monoisotopic (exact) mass is 348 g/mol. The minimum Gasteiger partial charge on any atom is -0.374 e. The molecule has 0 aliphatic rings. The highest BCUT2D eigenvalue weighted by atomic mass is 35.7. The van der Waals surface area contributed by atoms with Gasteiger partial charge in [-0.1, -0.05) is 13.8 Å². The molecule has 3 nitrogen and oxygen atoms in total. The second kappa shape index (κ2) is 11.5. The lowest BCUT2D eigenvalue weighted by molar-refractivity contribution is 0.0683. The molecule has 0 heterocycles. The highest BCUT2D eigenvalue weighted by Gasteiger charge is 2.40. The van der Waals surface area contributed by atoms with Crippen molar-refractivity contribution < 1.29 is 13.3 Å². The molecule has 0 aromatic rings. The van der Waals surface area contributed by atoms with E-state index in [9.17, 15) is 0 Å². The Balaban J connectivity index is 0. The molecular weight excluding hydrogens is 319 g/mol. The Morgan fingerprint density at radius 1 is 0.842 bits per heavy atom. The first-order valence-corrected chi connectivity index (χ1v) is 13.8. The summed E-state index contributed by atoms with van der Waals surface area (Å²) in [4.78, 5) is 0. The standard InChI is InChI=1S/C10H24O3Si.C2H6Cl2Si/c1-6-11-14(12-7-2,13-8-3)9-10(4)5;1-5(2,3)4/h10H,6-9H2,1-5H3;1-2H3. The van der Waals surface area contributed by atoms with E-state index in [1.807, 2.05) is 33.9 Å². The van der Waals surface area contributed by atoms with Gasteiger partial charge in [0.2, 0.25) is 6.69 Å². The van der Waals surface area contributed by atoms with Gasteiger partial charge in [-0.05, 0) is 39.8 Å². The van der Waals surface area contributed by atoms with E-state index in [1.165, 1.54) is 0 Å². The zero-order valence-electron chi connectivity index (χ0n) is 13.4. The van der Waals surface area contributed by atoms with Crippen LogP contribution in [0.1, 0.15) is 34.6 Å². The van der Waals surface area contributed by atoms with Crippen LogP contribution in [0.4, 0.5) is 0 Å². The molecule has 19 heavy (non-hydrogen) atoms. The van der Waals surface area contributed by atoms with E-state index < -0.39 is 15.5 Å². The van der Waals surface area contributed by atoms with Crippen molar-refractivity contribution in [3.63, 3.8) is 0 Å². The van der Waals surface area contributed by atoms with Crippen LogP contribution < -0.4 is 0 Å². The van der Waals surface area contributed by atoms with Crippen LogP contribution in [0.5, 0.6) is 0 Å². The van der Waals surface area contributed by atoms with Crippen LogP contribution in [0, 0.1) is 5.92 Å². The zero-order chi connectivity index (χ0) is 15.5. The summed E-state index contributed by atoms with van der Waals surface area (Å²) in [5, 5.41) is 0. The first-order chi connectivity index (χ1) is 8.60. The number of hydrogen-bond donors (Lipinski definition) is 0. The van der Waals surface area contributed by atoms with Gasteiger partial charge in [0.15, 0.2) is 0 Å². The summed E-state index contributed by atoms with van der Waals surface area (Å²) in [5.74, 6) is 0.548. The number of rotatable bonds is 8. The maximum Gasteiger partial charge on any atom is 0.501 e. The molecule has 7 heteroatoms. The van der Waals surface area contributed by atoms with Crippen LogP contribution in [0.25, 0.3) is 0 Å². The lowest BCUT2D eigenvalue weighted by Gasteiger charge is -2.29. The highest BCUT2D eigenvalue weighted by molar-refractivity contribution is 7.44. The molecule has 118 valence electrons. The van der Waals surface area contributed by atoms with E-state index in [0.717, 1.165) is 6.04 Å². The Hall–Kier alpha value is 0.894. The minimum absolute atomic E-state index is 0.548. The smallest absolute Gasteiger partial charge is 0.374 e. The van der Waals surface area contributed by atoms with Crippen molar-refractivity contribution in [1.82, 2.24) is 0 Å². The van der Waals surface area contributed by atoms with Crippen LogP contribution >= 0.6 is 22.2 Å². The van der Waals surface area contributed by atoms with Crippen molar-refractivity contribution in [1.29, 1.82) is 0 Å². The van der Waals surface area contributed by atoms with Crippen LogP contribution in [0.3, 0.4) is 0 Å². The molecule has 0 bridgehead atoms. The van der Waals surface area contributed by atoms with Gasteiger partial charge in [0.05, 0.1) is 0 Å². The Bertz CT molecular complexity index is 189. The van der Waals surface area contributed by atoms with Crippen molar-refractivity contribution in [2.75, 3.05) is 19.8 Å². The molecule has 0 aliphatic carbocycles. The largest absolute Gasteiger partial charge is 0.501 e. The Morgan fingerprint density at radius 3 is 1.26 bits per heavy atom. The fourth-order valence-corrected chi connectivity index (χ4v) is 4.38. The summed E-state index contributed by atoms with van der Waals surface area (Å²) in [7, 11) is -2.36. The van der Waals surface area contributed by atoms with Gasteiger partial charge >= 0.3 is 8.80 Å². The molecule has 0 aliphatic heterocycles. The normalized spacial score (nSPS) is 12.3. The van der Waals surface area contributed by atoms with Crippen molar-refractivity contribution in [2.24, 2.45) is 5.92 Å². The molecule has 0 unspecified atom stereocenters. The fraction of sp³-hybridized carbons (Fsp3) is 1.00. The van der Waals surface area contributed by atoms with Crippen LogP contribution in [-0.4, -0.2) is 35.3 Å². The molecule has 0 fully saturated rings. The van der Waals surface area contributed by atoms with Crippen molar-refractivity contribution in [3.8, 4) is 0 Å². The SMILES string of the molecule is CCO[Si](CC(C)C)(OCC)OCC.C[Si](C)(Cl)Cl. The third kappa shape index (κ3) is 16.8. The summed E-state index contributed by atoms with van der Waals surface area (Å²) < 4.78 is 17.1. The molecule has 0 rings (SSSR count). The zero-order valence-corrected chi connectivity index (χ0v) is 16.9. The molecule has 0 N–H and O–H groups in total. The van der Waals surface area contributed by atoms with E-state index in [4.69, 9.17) is 35.4 Å². The van der Waals surface area contributed by atoms with Gasteiger partial charge in [-0.15, -0.1) is 22.2 Å². The second-order valence-corrected chi connectivity index (χ2v) is 16.5. The summed E-state index contributed by atoms with van der Waals surface area (Å²) in [6.45, 7) is 14.3. The van der Waals surface area contributed by atoms with Gasteiger partial charge in [0.1, 0.15) is 0 Å². The maximum absolute atomic E-state index is 5.72. The van der Waals surface area contributed by atoms with Gasteiger partial charge in [0.25, 0.3) is 0 Å². The van der Waals surface area contributed by atoms with Gasteiger partial charge in [0, 0.05) is 25.9 Å².